The normalized spacial score (nSPS) is 11.1. The van der Waals surface area contributed by atoms with E-state index in [4.69, 9.17) is 9.47 Å². The van der Waals surface area contributed by atoms with Crippen LogP contribution in [0.2, 0.25) is 0 Å². The van der Waals surface area contributed by atoms with Crippen molar-refractivity contribution in [3.63, 3.8) is 0 Å². The Hall–Kier alpha value is -1.03. The Bertz CT molecular complexity index is 154. The predicted molar refractivity (Wildman–Crippen MR) is 43.6 cm³/mol. The molecule has 70 valence electrons. The molecule has 0 aromatic heterocycles. The second-order valence-corrected chi connectivity index (χ2v) is 2.00. The molecule has 12 heavy (non-hydrogen) atoms. The van der Waals surface area contributed by atoms with Gasteiger partial charge in [-0.2, -0.15) is 0 Å². The lowest BCUT2D eigenvalue weighted by molar-refractivity contribution is -0.135. The first kappa shape index (κ1) is 11.0. The van der Waals surface area contributed by atoms with Gasteiger partial charge in [0.15, 0.2) is 0 Å². The van der Waals surface area contributed by atoms with E-state index in [0.29, 0.717) is 12.4 Å². The molecule has 0 radical (unpaired) electrons. The maximum Gasteiger partial charge on any atom is 0.333 e. The van der Waals surface area contributed by atoms with E-state index in [9.17, 15) is 4.79 Å². The molecule has 0 amide bonds. The summed E-state index contributed by atoms with van der Waals surface area (Å²) in [4.78, 5) is 10.7. The predicted octanol–water partition coefficient (Wildman–Crippen LogP) is 0.726. The molecule has 4 nitrogen and oxygen atoms in total. The molecule has 4 heteroatoms. The molecule has 0 aliphatic rings. The van der Waals surface area contributed by atoms with E-state index in [-0.39, 0.29) is 6.61 Å². The number of ether oxygens (including phenoxy) is 3. The van der Waals surface area contributed by atoms with Gasteiger partial charge in [-0.1, -0.05) is 0 Å². The second kappa shape index (κ2) is 6.67. The quantitative estimate of drug-likeness (QED) is 0.350. The van der Waals surface area contributed by atoms with Crippen molar-refractivity contribution in [3.05, 3.63) is 11.8 Å². The Morgan fingerprint density at radius 2 is 2.08 bits per heavy atom. The zero-order chi connectivity index (χ0) is 9.40. The third-order valence-corrected chi connectivity index (χ3v) is 1.10. The van der Waals surface area contributed by atoms with Gasteiger partial charge < -0.3 is 14.2 Å². The highest BCUT2D eigenvalue weighted by Gasteiger charge is 2.01. The van der Waals surface area contributed by atoms with Gasteiger partial charge in [-0.15, -0.1) is 0 Å². The standard InChI is InChI=1S/C8H14O4/c1-4-12-7(6-10-2)5-8(9)11-3/h5H,4,6H2,1-3H3. The van der Waals surface area contributed by atoms with Crippen LogP contribution in [0.25, 0.3) is 0 Å². The second-order valence-electron chi connectivity index (χ2n) is 2.00. The van der Waals surface area contributed by atoms with Crippen LogP contribution in [0.5, 0.6) is 0 Å². The number of rotatable bonds is 5. The van der Waals surface area contributed by atoms with Crippen molar-refractivity contribution in [2.45, 2.75) is 6.92 Å². The molecule has 0 atom stereocenters. The lowest BCUT2D eigenvalue weighted by Gasteiger charge is -2.06. The van der Waals surface area contributed by atoms with Crippen LogP contribution in [0, 0.1) is 0 Å². The molecule has 0 saturated heterocycles. The van der Waals surface area contributed by atoms with E-state index in [0.717, 1.165) is 0 Å². The van der Waals surface area contributed by atoms with Gasteiger partial charge in [-0.05, 0) is 6.92 Å². The van der Waals surface area contributed by atoms with Gasteiger partial charge in [0.25, 0.3) is 0 Å². The first-order valence-corrected chi connectivity index (χ1v) is 3.64. The summed E-state index contributed by atoms with van der Waals surface area (Å²) in [6, 6.07) is 0. The van der Waals surface area contributed by atoms with Crippen molar-refractivity contribution < 1.29 is 19.0 Å². The van der Waals surface area contributed by atoms with Crippen molar-refractivity contribution in [3.8, 4) is 0 Å². The first-order chi connectivity index (χ1) is 5.74. The zero-order valence-electron chi connectivity index (χ0n) is 7.62. The highest BCUT2D eigenvalue weighted by molar-refractivity contribution is 5.82. The Morgan fingerprint density at radius 3 is 2.50 bits per heavy atom. The van der Waals surface area contributed by atoms with Gasteiger partial charge in [0.2, 0.25) is 0 Å². The molecule has 0 aromatic rings. The topological polar surface area (TPSA) is 44.8 Å². The van der Waals surface area contributed by atoms with Crippen molar-refractivity contribution in [1.29, 1.82) is 0 Å². The molecule has 0 spiro atoms. The fourth-order valence-corrected chi connectivity index (χ4v) is 0.643. The Kier molecular flexibility index (Phi) is 6.09. The third kappa shape index (κ3) is 4.73. The molecule has 0 N–H and O–H groups in total. The van der Waals surface area contributed by atoms with Gasteiger partial charge in [0, 0.05) is 7.11 Å². The van der Waals surface area contributed by atoms with E-state index in [1.165, 1.54) is 20.3 Å². The van der Waals surface area contributed by atoms with Gasteiger partial charge in [-0.25, -0.2) is 4.79 Å². The molecule has 0 saturated carbocycles. The largest absolute Gasteiger partial charge is 0.495 e. The number of hydrogen-bond acceptors (Lipinski definition) is 4. The van der Waals surface area contributed by atoms with Gasteiger partial charge in [-0.3, -0.25) is 0 Å². The summed E-state index contributed by atoms with van der Waals surface area (Å²) in [7, 11) is 2.85. The number of carbonyl (C=O) groups excluding carboxylic acids is 1. The summed E-state index contributed by atoms with van der Waals surface area (Å²) in [6.45, 7) is 2.62. The van der Waals surface area contributed by atoms with Gasteiger partial charge in [0.05, 0.1) is 19.8 Å². The van der Waals surface area contributed by atoms with Crippen molar-refractivity contribution in [2.24, 2.45) is 0 Å². The Morgan fingerprint density at radius 1 is 1.42 bits per heavy atom. The average Bonchev–Trinajstić information content (AvgIpc) is 2.05. The van der Waals surface area contributed by atoms with Crippen LogP contribution in [0.15, 0.2) is 11.8 Å². The number of methoxy groups -OCH3 is 2. The summed E-state index contributed by atoms with van der Waals surface area (Å²) in [5.41, 5.74) is 0. The summed E-state index contributed by atoms with van der Waals surface area (Å²) in [5.74, 6) is 0.0438. The number of hydrogen-bond donors (Lipinski definition) is 0. The molecule has 0 rings (SSSR count). The molecule has 0 aliphatic carbocycles. The van der Waals surface area contributed by atoms with Crippen LogP contribution < -0.4 is 0 Å². The molecule has 0 heterocycles. The van der Waals surface area contributed by atoms with Crippen molar-refractivity contribution >= 4 is 5.97 Å². The van der Waals surface area contributed by atoms with Crippen LogP contribution in [-0.4, -0.2) is 33.4 Å². The Labute approximate surface area is 72.1 Å². The highest BCUT2D eigenvalue weighted by atomic mass is 16.5. The van der Waals surface area contributed by atoms with Gasteiger partial charge in [0.1, 0.15) is 12.4 Å². The monoisotopic (exact) mass is 174 g/mol. The van der Waals surface area contributed by atoms with E-state index < -0.39 is 5.97 Å². The number of carbonyl (C=O) groups is 1. The summed E-state index contributed by atoms with van der Waals surface area (Å²) in [6.07, 6.45) is 1.27. The minimum absolute atomic E-state index is 0.281. The third-order valence-electron chi connectivity index (χ3n) is 1.10. The molecular weight excluding hydrogens is 160 g/mol. The van der Waals surface area contributed by atoms with E-state index in [2.05, 4.69) is 4.74 Å². The zero-order valence-corrected chi connectivity index (χ0v) is 7.62. The van der Waals surface area contributed by atoms with Crippen LogP contribution in [-0.2, 0) is 19.0 Å². The molecule has 0 bridgehead atoms. The molecule has 0 aliphatic heterocycles. The lowest BCUT2D eigenvalue weighted by atomic mass is 10.4. The van der Waals surface area contributed by atoms with E-state index >= 15 is 0 Å². The van der Waals surface area contributed by atoms with E-state index in [1.807, 2.05) is 6.92 Å². The minimum atomic E-state index is -0.435. The average molecular weight is 174 g/mol. The Balaban J connectivity index is 4.06. The smallest absolute Gasteiger partial charge is 0.333 e. The molecule has 0 fully saturated rings. The highest BCUT2D eigenvalue weighted by Crippen LogP contribution is 1.97. The van der Waals surface area contributed by atoms with Crippen molar-refractivity contribution in [2.75, 3.05) is 27.4 Å². The first-order valence-electron chi connectivity index (χ1n) is 3.64. The summed E-state index contributed by atoms with van der Waals surface area (Å²) < 4.78 is 14.3. The molecular formula is C8H14O4. The summed E-state index contributed by atoms with van der Waals surface area (Å²) >= 11 is 0. The fraction of sp³-hybridized carbons (Fsp3) is 0.625. The molecule has 0 unspecified atom stereocenters. The lowest BCUT2D eigenvalue weighted by Crippen LogP contribution is -2.04. The van der Waals surface area contributed by atoms with Crippen LogP contribution in [0.1, 0.15) is 6.92 Å². The van der Waals surface area contributed by atoms with Crippen molar-refractivity contribution in [1.82, 2.24) is 0 Å². The van der Waals surface area contributed by atoms with Crippen LogP contribution in [0.4, 0.5) is 0 Å². The summed E-state index contributed by atoms with van der Waals surface area (Å²) in [5, 5.41) is 0. The SMILES string of the molecule is CCOC(=CC(=O)OC)COC. The number of esters is 1. The molecule has 0 aromatic carbocycles. The van der Waals surface area contributed by atoms with E-state index in [1.54, 1.807) is 0 Å². The maximum atomic E-state index is 10.7. The minimum Gasteiger partial charge on any atom is -0.495 e. The van der Waals surface area contributed by atoms with Gasteiger partial charge >= 0.3 is 5.97 Å². The maximum absolute atomic E-state index is 10.7. The van der Waals surface area contributed by atoms with Crippen LogP contribution >= 0.6 is 0 Å². The fourth-order valence-electron chi connectivity index (χ4n) is 0.643. The van der Waals surface area contributed by atoms with Crippen LogP contribution in [0.3, 0.4) is 0 Å².